The lowest BCUT2D eigenvalue weighted by Crippen LogP contribution is -2.03. The van der Waals surface area contributed by atoms with E-state index in [1.807, 2.05) is 11.3 Å². The third kappa shape index (κ3) is 5.42. The van der Waals surface area contributed by atoms with Crippen molar-refractivity contribution in [3.63, 3.8) is 0 Å². The van der Waals surface area contributed by atoms with Gasteiger partial charge in [-0.1, -0.05) is 158 Å². The lowest BCUT2D eigenvalue weighted by molar-refractivity contribution is 1.08. The average Bonchev–Trinajstić information content (AvgIpc) is 3.88. The number of benzene rings is 10. The molecule has 13 rings (SSSR count). The van der Waals surface area contributed by atoms with Crippen molar-refractivity contribution in [1.82, 2.24) is 19.5 Å². The number of fused-ring (bicyclic) bond motifs is 9. The molecular weight excluding hydrogens is 773 g/mol. The summed E-state index contributed by atoms with van der Waals surface area (Å²) in [5, 5.41) is 11.8. The summed E-state index contributed by atoms with van der Waals surface area (Å²) < 4.78 is 4.93. The first-order chi connectivity index (χ1) is 30.7. The highest BCUT2D eigenvalue weighted by molar-refractivity contribution is 7.25. The number of thiophene rings is 1. The van der Waals surface area contributed by atoms with E-state index < -0.39 is 0 Å². The monoisotopic (exact) mass is 806 g/mol. The molecule has 62 heavy (non-hydrogen) atoms. The molecule has 0 N–H and O–H groups in total. The number of rotatable bonds is 5. The molecule has 0 atom stereocenters. The first kappa shape index (κ1) is 34.8. The van der Waals surface area contributed by atoms with Crippen molar-refractivity contribution in [1.29, 1.82) is 0 Å². The lowest BCUT2D eigenvalue weighted by Gasteiger charge is -2.17. The Hall–Kier alpha value is -7.99. The zero-order chi connectivity index (χ0) is 40.7. The van der Waals surface area contributed by atoms with E-state index in [0.717, 1.165) is 60.6 Å². The molecule has 0 aliphatic carbocycles. The van der Waals surface area contributed by atoms with E-state index in [9.17, 15) is 0 Å². The summed E-state index contributed by atoms with van der Waals surface area (Å²) in [7, 11) is 0. The van der Waals surface area contributed by atoms with Gasteiger partial charge in [-0.2, -0.15) is 0 Å². The summed E-state index contributed by atoms with van der Waals surface area (Å²) in [5.41, 5.74) is 8.47. The molecule has 0 unspecified atom stereocenters. The fourth-order valence-corrected chi connectivity index (χ4v) is 10.7. The van der Waals surface area contributed by atoms with Gasteiger partial charge in [0.2, 0.25) is 0 Å². The van der Waals surface area contributed by atoms with Gasteiger partial charge in [0, 0.05) is 53.3 Å². The summed E-state index contributed by atoms with van der Waals surface area (Å²) in [4.78, 5) is 16.2. The first-order valence-electron chi connectivity index (χ1n) is 20.9. The predicted octanol–water partition coefficient (Wildman–Crippen LogP) is 15.5. The van der Waals surface area contributed by atoms with E-state index in [1.54, 1.807) is 0 Å². The third-order valence-corrected chi connectivity index (χ3v) is 13.6. The van der Waals surface area contributed by atoms with Crippen molar-refractivity contribution < 1.29 is 0 Å². The highest BCUT2D eigenvalue weighted by Crippen LogP contribution is 2.45. The number of para-hydroxylation sites is 1. The van der Waals surface area contributed by atoms with Gasteiger partial charge in [-0.3, -0.25) is 0 Å². The van der Waals surface area contributed by atoms with Crippen LogP contribution in [0.25, 0.3) is 125 Å². The SMILES string of the molecule is c1ccc2cc3c(cc2c1)c1ccccc1n3-c1ccc(-c2nc(-c3cccc4ccccc34)nc(-c3cccc4ccccc34)n2)c(-c2cccc3sc4ccccc4c23)c1. The van der Waals surface area contributed by atoms with Crippen molar-refractivity contribution >= 4 is 85.6 Å². The molecule has 0 saturated carbocycles. The van der Waals surface area contributed by atoms with E-state index in [-0.39, 0.29) is 0 Å². The highest BCUT2D eigenvalue weighted by atomic mass is 32.1. The van der Waals surface area contributed by atoms with Gasteiger partial charge in [0.25, 0.3) is 0 Å². The maximum Gasteiger partial charge on any atom is 0.164 e. The maximum absolute atomic E-state index is 5.45. The second-order valence-electron chi connectivity index (χ2n) is 15.9. The quantitative estimate of drug-likeness (QED) is 0.174. The van der Waals surface area contributed by atoms with Crippen LogP contribution in [-0.2, 0) is 0 Å². The molecule has 3 heterocycles. The standard InChI is InChI=1S/C57H34N4S/c1-2-17-38-33-51-49(32-37(38)16-1)42-22-7-9-27-50(42)61(51)39-30-31-46(48(34-39)43-24-13-29-53-54(43)47-23-8-10-28-52(47)62-53)57-59-55(44-25-11-18-35-14-3-5-20-40(35)44)58-56(60-57)45-26-12-19-36-15-4-6-21-41(36)45/h1-34H. The molecule has 0 aliphatic heterocycles. The third-order valence-electron chi connectivity index (χ3n) is 12.4. The van der Waals surface area contributed by atoms with Gasteiger partial charge < -0.3 is 4.57 Å². The predicted molar refractivity (Wildman–Crippen MR) is 261 cm³/mol. The fraction of sp³-hybridized carbons (Fsp3) is 0. The normalized spacial score (nSPS) is 11.9. The summed E-state index contributed by atoms with van der Waals surface area (Å²) in [6.07, 6.45) is 0. The van der Waals surface area contributed by atoms with Gasteiger partial charge in [0.1, 0.15) is 0 Å². The molecule has 13 aromatic rings. The van der Waals surface area contributed by atoms with Gasteiger partial charge >= 0.3 is 0 Å². The summed E-state index contributed by atoms with van der Waals surface area (Å²) in [6, 6.07) is 74.0. The van der Waals surface area contributed by atoms with Crippen molar-refractivity contribution in [2.45, 2.75) is 0 Å². The van der Waals surface area contributed by atoms with Crippen LogP contribution in [0.15, 0.2) is 206 Å². The molecule has 0 radical (unpaired) electrons. The largest absolute Gasteiger partial charge is 0.309 e. The van der Waals surface area contributed by atoms with Crippen LogP contribution in [0.3, 0.4) is 0 Å². The topological polar surface area (TPSA) is 43.6 Å². The van der Waals surface area contributed by atoms with Crippen molar-refractivity contribution in [2.24, 2.45) is 0 Å². The zero-order valence-electron chi connectivity index (χ0n) is 33.3. The van der Waals surface area contributed by atoms with Gasteiger partial charge in [-0.15, -0.1) is 11.3 Å². The molecular formula is C57H34N4S. The first-order valence-corrected chi connectivity index (χ1v) is 21.7. The van der Waals surface area contributed by atoms with E-state index in [4.69, 9.17) is 15.0 Å². The van der Waals surface area contributed by atoms with Crippen LogP contribution in [0.5, 0.6) is 0 Å². The molecule has 0 aliphatic rings. The molecule has 0 amide bonds. The maximum atomic E-state index is 5.45. The molecule has 5 heteroatoms. The zero-order valence-corrected chi connectivity index (χ0v) is 34.1. The molecule has 10 aromatic carbocycles. The van der Waals surface area contributed by atoms with Crippen molar-refractivity contribution in [3.8, 4) is 51.0 Å². The number of hydrogen-bond acceptors (Lipinski definition) is 4. The summed E-state index contributed by atoms with van der Waals surface area (Å²) in [6.45, 7) is 0. The van der Waals surface area contributed by atoms with E-state index >= 15 is 0 Å². The molecule has 0 bridgehead atoms. The van der Waals surface area contributed by atoms with Crippen LogP contribution >= 0.6 is 11.3 Å². The van der Waals surface area contributed by atoms with Gasteiger partial charge in [-0.25, -0.2) is 15.0 Å². The number of aromatic nitrogens is 4. The van der Waals surface area contributed by atoms with Crippen molar-refractivity contribution in [3.05, 3.63) is 206 Å². The minimum Gasteiger partial charge on any atom is -0.309 e. The smallest absolute Gasteiger partial charge is 0.164 e. The molecule has 3 aromatic heterocycles. The van der Waals surface area contributed by atoms with Crippen LogP contribution in [0.4, 0.5) is 0 Å². The minimum absolute atomic E-state index is 0.622. The van der Waals surface area contributed by atoms with Gasteiger partial charge in [0.15, 0.2) is 17.5 Å². The summed E-state index contributed by atoms with van der Waals surface area (Å²) >= 11 is 1.83. The highest BCUT2D eigenvalue weighted by Gasteiger charge is 2.22. The van der Waals surface area contributed by atoms with Gasteiger partial charge in [0.05, 0.1) is 11.0 Å². The van der Waals surface area contributed by atoms with Gasteiger partial charge in [-0.05, 0) is 92.0 Å². The lowest BCUT2D eigenvalue weighted by atomic mass is 9.94. The molecule has 288 valence electrons. The van der Waals surface area contributed by atoms with E-state index in [1.165, 1.54) is 47.2 Å². The molecule has 0 saturated heterocycles. The Kier molecular flexibility index (Phi) is 7.74. The Morgan fingerprint density at radius 1 is 0.306 bits per heavy atom. The number of hydrogen-bond donors (Lipinski definition) is 0. The molecule has 4 nitrogen and oxygen atoms in total. The minimum atomic E-state index is 0.622. The van der Waals surface area contributed by atoms with Crippen LogP contribution in [0.2, 0.25) is 0 Å². The Morgan fingerprint density at radius 3 is 1.53 bits per heavy atom. The molecule has 0 spiro atoms. The summed E-state index contributed by atoms with van der Waals surface area (Å²) in [5.74, 6) is 1.90. The second-order valence-corrected chi connectivity index (χ2v) is 17.0. The number of nitrogens with zero attached hydrogens (tertiary/aromatic N) is 4. The Bertz CT molecular complexity index is 3840. The van der Waals surface area contributed by atoms with Crippen LogP contribution < -0.4 is 0 Å². The Balaban J connectivity index is 1.14. The Labute approximate surface area is 360 Å². The van der Waals surface area contributed by atoms with Crippen LogP contribution in [-0.4, -0.2) is 19.5 Å². The van der Waals surface area contributed by atoms with Crippen LogP contribution in [0.1, 0.15) is 0 Å². The fourth-order valence-electron chi connectivity index (χ4n) is 9.60. The average molecular weight is 807 g/mol. The van der Waals surface area contributed by atoms with Crippen LogP contribution in [0, 0.1) is 0 Å². The Morgan fingerprint density at radius 2 is 0.823 bits per heavy atom. The molecule has 0 fully saturated rings. The van der Waals surface area contributed by atoms with E-state index in [0.29, 0.717) is 17.5 Å². The van der Waals surface area contributed by atoms with E-state index in [2.05, 4.69) is 211 Å². The second kappa shape index (κ2) is 13.8. The van der Waals surface area contributed by atoms with Crippen molar-refractivity contribution in [2.75, 3.05) is 0 Å².